The lowest BCUT2D eigenvalue weighted by Crippen LogP contribution is -2.49. The van der Waals surface area contributed by atoms with Gasteiger partial charge in [0.05, 0.1) is 0 Å². The van der Waals surface area contributed by atoms with Crippen LogP contribution in [0, 0.1) is 0 Å². The van der Waals surface area contributed by atoms with Crippen LogP contribution >= 0.6 is 0 Å². The van der Waals surface area contributed by atoms with Gasteiger partial charge in [-0.05, 0) is 6.92 Å². The van der Waals surface area contributed by atoms with Gasteiger partial charge in [0.15, 0.2) is 11.7 Å². The Hall–Kier alpha value is -1.28. The topological polar surface area (TPSA) is 37.3 Å². The molecule has 0 heterocycles. The molecular formula is C7H5F7O2. The highest BCUT2D eigenvalue weighted by atomic mass is 19.3. The van der Waals surface area contributed by atoms with Crippen molar-refractivity contribution < 1.29 is 40.6 Å². The summed E-state index contributed by atoms with van der Waals surface area (Å²) in [5.74, 6) is -14.3. The van der Waals surface area contributed by atoms with Crippen molar-refractivity contribution in [3.8, 4) is 0 Å². The van der Waals surface area contributed by atoms with Crippen molar-refractivity contribution in [2.45, 2.75) is 24.9 Å². The average Bonchev–Trinajstić information content (AvgIpc) is 2.00. The molecule has 0 bridgehead atoms. The molecule has 0 rings (SSSR count). The molecule has 0 saturated carbocycles. The molecule has 0 radical (unpaired) electrons. The second kappa shape index (κ2) is 4.30. The van der Waals surface area contributed by atoms with Gasteiger partial charge in [0.1, 0.15) is 0 Å². The van der Waals surface area contributed by atoms with E-state index >= 15 is 0 Å². The molecule has 0 aliphatic heterocycles. The molecule has 1 unspecified atom stereocenters. The smallest absolute Gasteiger partial charge is 0.350 e. The minimum atomic E-state index is -5.80. The Morgan fingerprint density at radius 3 is 1.75 bits per heavy atom. The van der Waals surface area contributed by atoms with E-state index in [1.165, 1.54) is 0 Å². The van der Waals surface area contributed by atoms with Gasteiger partial charge in [0, 0.05) is 0 Å². The minimum Gasteiger partial charge on any atom is -0.478 e. The molecule has 0 aliphatic rings. The normalized spacial score (nSPS) is 14.5. The van der Waals surface area contributed by atoms with Crippen LogP contribution in [0.2, 0.25) is 0 Å². The van der Waals surface area contributed by atoms with Crippen molar-refractivity contribution in [1.29, 1.82) is 0 Å². The molecule has 0 aromatic heterocycles. The Morgan fingerprint density at radius 1 is 1.19 bits per heavy atom. The maximum absolute atomic E-state index is 12.7. The number of halogens is 7. The third-order valence-electron chi connectivity index (χ3n) is 1.64. The van der Waals surface area contributed by atoms with Gasteiger partial charge in [-0.15, -0.1) is 0 Å². The third-order valence-corrected chi connectivity index (χ3v) is 1.64. The highest BCUT2D eigenvalue weighted by Crippen LogP contribution is 2.44. The molecule has 1 N–H and O–H groups in total. The summed E-state index contributed by atoms with van der Waals surface area (Å²) >= 11 is 0. The Kier molecular flexibility index (Phi) is 3.96. The Bertz CT molecular complexity index is 317. The second-order valence-corrected chi connectivity index (χ2v) is 2.75. The van der Waals surface area contributed by atoms with Crippen molar-refractivity contribution >= 4 is 5.97 Å². The molecule has 1 atom stereocenters. The van der Waals surface area contributed by atoms with Crippen LogP contribution in [0.15, 0.2) is 11.7 Å². The zero-order chi connectivity index (χ0) is 13.3. The molecule has 0 saturated heterocycles. The van der Waals surface area contributed by atoms with Gasteiger partial charge in [-0.25, -0.2) is 9.18 Å². The summed E-state index contributed by atoms with van der Waals surface area (Å²) in [4.78, 5) is 9.98. The molecule has 0 spiro atoms. The van der Waals surface area contributed by atoms with E-state index in [9.17, 15) is 35.5 Å². The molecular weight excluding hydrogens is 249 g/mol. The number of alkyl halides is 5. The first-order chi connectivity index (χ1) is 6.96. The fraction of sp³-hybridized carbons (Fsp3) is 0.571. The van der Waals surface area contributed by atoms with E-state index in [4.69, 9.17) is 5.11 Å². The number of hydrogen-bond acceptors (Lipinski definition) is 1. The standard InChI is InChI=1S/C7H5F7O2/c1-2(8)6(11,12)7(13,14)3(4(9)10)5(15)16/h2H,1H3,(H,15,16). The van der Waals surface area contributed by atoms with Gasteiger partial charge >= 0.3 is 17.8 Å². The number of aliphatic carboxylic acids is 1. The van der Waals surface area contributed by atoms with Gasteiger partial charge in [-0.2, -0.15) is 26.3 Å². The van der Waals surface area contributed by atoms with Gasteiger partial charge in [0.25, 0.3) is 6.08 Å². The number of hydrogen-bond donors (Lipinski definition) is 1. The van der Waals surface area contributed by atoms with E-state index in [0.717, 1.165) is 0 Å². The maximum atomic E-state index is 12.7. The lowest BCUT2D eigenvalue weighted by atomic mass is 10.0. The molecule has 9 heteroatoms. The van der Waals surface area contributed by atoms with Crippen LogP contribution in [-0.4, -0.2) is 29.1 Å². The molecule has 0 aromatic carbocycles. The van der Waals surface area contributed by atoms with Gasteiger partial charge in [-0.3, -0.25) is 0 Å². The Balaban J connectivity index is 5.68. The number of rotatable bonds is 4. The van der Waals surface area contributed by atoms with Crippen LogP contribution in [0.25, 0.3) is 0 Å². The van der Waals surface area contributed by atoms with Crippen LogP contribution < -0.4 is 0 Å². The molecule has 2 nitrogen and oxygen atoms in total. The molecule has 0 amide bonds. The first-order valence-electron chi connectivity index (χ1n) is 3.65. The minimum absolute atomic E-state index is 0.00349. The van der Waals surface area contributed by atoms with Crippen LogP contribution in [0.3, 0.4) is 0 Å². The van der Waals surface area contributed by atoms with Gasteiger partial charge < -0.3 is 5.11 Å². The van der Waals surface area contributed by atoms with Crippen molar-refractivity contribution in [3.63, 3.8) is 0 Å². The van der Waals surface area contributed by atoms with E-state index in [0.29, 0.717) is 0 Å². The van der Waals surface area contributed by atoms with Crippen LogP contribution in [0.4, 0.5) is 30.7 Å². The van der Waals surface area contributed by atoms with Crippen LogP contribution in [0.1, 0.15) is 6.92 Å². The van der Waals surface area contributed by atoms with E-state index in [2.05, 4.69) is 0 Å². The fourth-order valence-electron chi connectivity index (χ4n) is 0.750. The Morgan fingerprint density at radius 2 is 1.56 bits per heavy atom. The van der Waals surface area contributed by atoms with Crippen molar-refractivity contribution in [3.05, 3.63) is 11.7 Å². The lowest BCUT2D eigenvalue weighted by molar-refractivity contribution is -0.219. The van der Waals surface area contributed by atoms with E-state index in [1.807, 2.05) is 0 Å². The van der Waals surface area contributed by atoms with Crippen LogP contribution in [-0.2, 0) is 4.79 Å². The lowest BCUT2D eigenvalue weighted by Gasteiger charge is -2.27. The number of carboxylic acids is 1. The fourth-order valence-corrected chi connectivity index (χ4v) is 0.750. The molecule has 0 fully saturated rings. The molecule has 0 aliphatic carbocycles. The summed E-state index contributed by atoms with van der Waals surface area (Å²) in [5, 5.41) is 7.95. The largest absolute Gasteiger partial charge is 0.478 e. The monoisotopic (exact) mass is 254 g/mol. The predicted molar refractivity (Wildman–Crippen MR) is 37.3 cm³/mol. The highest BCUT2D eigenvalue weighted by molar-refractivity contribution is 5.89. The molecule has 0 aromatic rings. The van der Waals surface area contributed by atoms with E-state index in [1.54, 1.807) is 0 Å². The van der Waals surface area contributed by atoms with Crippen molar-refractivity contribution in [2.75, 3.05) is 0 Å². The summed E-state index contributed by atoms with van der Waals surface area (Å²) < 4.78 is 86.3. The Labute approximate surface area is 84.4 Å². The SMILES string of the molecule is CC(F)C(F)(F)C(F)(F)C(C(=O)O)=C(F)F. The first kappa shape index (κ1) is 14.7. The summed E-state index contributed by atoms with van der Waals surface area (Å²) in [7, 11) is 0. The zero-order valence-electron chi connectivity index (χ0n) is 7.58. The van der Waals surface area contributed by atoms with E-state index in [-0.39, 0.29) is 6.92 Å². The van der Waals surface area contributed by atoms with Gasteiger partial charge in [-0.1, -0.05) is 0 Å². The van der Waals surface area contributed by atoms with Crippen molar-refractivity contribution in [2.24, 2.45) is 0 Å². The van der Waals surface area contributed by atoms with Crippen molar-refractivity contribution in [1.82, 2.24) is 0 Å². The zero-order valence-corrected chi connectivity index (χ0v) is 7.58. The summed E-state index contributed by atoms with van der Waals surface area (Å²) in [6, 6.07) is 0. The maximum Gasteiger partial charge on any atom is 0.350 e. The summed E-state index contributed by atoms with van der Waals surface area (Å²) in [6.07, 6.45) is -6.99. The predicted octanol–water partition coefficient (Wildman–Crippen LogP) is 2.85. The van der Waals surface area contributed by atoms with E-state index < -0.39 is 35.6 Å². The average molecular weight is 254 g/mol. The quantitative estimate of drug-likeness (QED) is 0.618. The first-order valence-corrected chi connectivity index (χ1v) is 3.65. The number of carbonyl (C=O) groups is 1. The second-order valence-electron chi connectivity index (χ2n) is 2.75. The van der Waals surface area contributed by atoms with Crippen LogP contribution in [0.5, 0.6) is 0 Å². The molecule has 16 heavy (non-hydrogen) atoms. The third kappa shape index (κ3) is 2.27. The molecule has 94 valence electrons. The number of carboxylic acid groups (broad SMARTS) is 1. The van der Waals surface area contributed by atoms with Gasteiger partial charge in [0.2, 0.25) is 0 Å². The summed E-state index contributed by atoms with van der Waals surface area (Å²) in [5.41, 5.74) is -3.11. The summed E-state index contributed by atoms with van der Waals surface area (Å²) in [6.45, 7) is 0.00349. The highest BCUT2D eigenvalue weighted by Gasteiger charge is 2.65.